The highest BCUT2D eigenvalue weighted by molar-refractivity contribution is 5.88. The highest BCUT2D eigenvalue weighted by Crippen LogP contribution is 2.38. The first kappa shape index (κ1) is 14.8. The maximum Gasteiger partial charge on any atom is 0.147 e. The predicted molar refractivity (Wildman–Crippen MR) is 91.7 cm³/mol. The van der Waals surface area contributed by atoms with Gasteiger partial charge in [0, 0.05) is 31.0 Å². The number of hydrazine groups is 1. The number of hydrogen-bond acceptors (Lipinski definition) is 4. The second-order valence-corrected chi connectivity index (χ2v) is 5.73. The Hall–Kier alpha value is -2.73. The van der Waals surface area contributed by atoms with Gasteiger partial charge in [0.1, 0.15) is 17.3 Å². The minimum atomic E-state index is -0.247. The highest BCUT2D eigenvalue weighted by atomic mass is 19.1. The first-order valence-corrected chi connectivity index (χ1v) is 8.05. The van der Waals surface area contributed by atoms with Crippen molar-refractivity contribution < 1.29 is 4.39 Å². The van der Waals surface area contributed by atoms with Crippen LogP contribution < -0.4 is 5.43 Å². The molecule has 0 aliphatic carbocycles. The van der Waals surface area contributed by atoms with Gasteiger partial charge in [-0.15, -0.1) is 0 Å². The van der Waals surface area contributed by atoms with Crippen molar-refractivity contribution in [3.8, 4) is 22.4 Å². The molecule has 0 radical (unpaired) electrons. The lowest BCUT2D eigenvalue weighted by atomic mass is 10.0. The number of likely N-dealkylation sites (N-methyl/N-ethyl adjacent to an activating group) is 1. The molecule has 122 valence electrons. The van der Waals surface area contributed by atoms with E-state index in [0.717, 1.165) is 47.8 Å². The summed E-state index contributed by atoms with van der Waals surface area (Å²) in [6, 6.07) is 10.4. The third-order valence-corrected chi connectivity index (χ3v) is 4.27. The van der Waals surface area contributed by atoms with E-state index in [2.05, 4.69) is 22.3 Å². The van der Waals surface area contributed by atoms with Crippen LogP contribution in [-0.4, -0.2) is 32.9 Å². The summed E-state index contributed by atoms with van der Waals surface area (Å²) in [7, 11) is 0. The van der Waals surface area contributed by atoms with Gasteiger partial charge in [-0.2, -0.15) is 5.10 Å². The Morgan fingerprint density at radius 1 is 1.04 bits per heavy atom. The number of hydrogen-bond donors (Lipinski definition) is 1. The zero-order chi connectivity index (χ0) is 16.5. The van der Waals surface area contributed by atoms with E-state index in [1.54, 1.807) is 24.5 Å². The molecule has 0 saturated carbocycles. The summed E-state index contributed by atoms with van der Waals surface area (Å²) >= 11 is 0. The van der Waals surface area contributed by atoms with Gasteiger partial charge in [-0.05, 0) is 42.0 Å². The molecule has 1 aliphatic heterocycles. The van der Waals surface area contributed by atoms with Crippen molar-refractivity contribution in [3.05, 3.63) is 54.6 Å². The summed E-state index contributed by atoms with van der Waals surface area (Å²) in [5.74, 6) is 0.720. The number of pyridine rings is 1. The molecular weight excluding hydrogens is 305 g/mol. The first-order chi connectivity index (χ1) is 11.8. The van der Waals surface area contributed by atoms with Crippen molar-refractivity contribution in [1.82, 2.24) is 19.8 Å². The highest BCUT2D eigenvalue weighted by Gasteiger charge is 2.25. The van der Waals surface area contributed by atoms with Crippen molar-refractivity contribution >= 4 is 5.82 Å². The van der Waals surface area contributed by atoms with Crippen LogP contribution in [0.1, 0.15) is 6.92 Å². The summed E-state index contributed by atoms with van der Waals surface area (Å²) in [6.07, 6.45) is 3.54. The molecule has 6 heteroatoms. The van der Waals surface area contributed by atoms with Gasteiger partial charge in [0.05, 0.1) is 12.1 Å². The average molecular weight is 323 g/mol. The molecule has 24 heavy (non-hydrogen) atoms. The monoisotopic (exact) mass is 323 g/mol. The molecule has 5 nitrogen and oxygen atoms in total. The molecular formula is C18H18FN5. The van der Waals surface area contributed by atoms with E-state index in [-0.39, 0.29) is 5.82 Å². The second-order valence-electron chi connectivity index (χ2n) is 5.73. The SMILES string of the molecule is CCN1CCn2nc(-c3ccc(F)cc3)c(-c3ccncc3)c2N1. The Balaban J connectivity index is 1.90. The standard InChI is InChI=1S/C18H18FN5/c1-2-23-11-12-24-18(22-23)16(13-7-9-20-10-8-13)17(21-24)14-3-5-15(19)6-4-14/h3-10,22H,2,11-12H2,1H3. The quantitative estimate of drug-likeness (QED) is 0.802. The van der Waals surface area contributed by atoms with Crippen LogP contribution in [-0.2, 0) is 6.54 Å². The van der Waals surface area contributed by atoms with E-state index in [1.807, 2.05) is 16.8 Å². The minimum Gasteiger partial charge on any atom is -0.303 e. The van der Waals surface area contributed by atoms with Crippen LogP contribution in [0.25, 0.3) is 22.4 Å². The van der Waals surface area contributed by atoms with Gasteiger partial charge >= 0.3 is 0 Å². The van der Waals surface area contributed by atoms with E-state index < -0.39 is 0 Å². The van der Waals surface area contributed by atoms with Crippen LogP contribution in [0, 0.1) is 5.82 Å². The van der Waals surface area contributed by atoms with Gasteiger partial charge in [-0.25, -0.2) is 14.1 Å². The third kappa shape index (κ3) is 2.55. The number of aromatic nitrogens is 3. The molecule has 1 aliphatic rings. The van der Waals surface area contributed by atoms with E-state index in [1.165, 1.54) is 12.1 Å². The van der Waals surface area contributed by atoms with E-state index in [4.69, 9.17) is 5.10 Å². The van der Waals surface area contributed by atoms with E-state index in [9.17, 15) is 4.39 Å². The third-order valence-electron chi connectivity index (χ3n) is 4.27. The van der Waals surface area contributed by atoms with Crippen LogP contribution in [0.2, 0.25) is 0 Å². The van der Waals surface area contributed by atoms with Gasteiger partial charge in [0.15, 0.2) is 0 Å². The summed E-state index contributed by atoms with van der Waals surface area (Å²) < 4.78 is 15.3. The number of rotatable bonds is 3. The molecule has 3 heterocycles. The normalized spacial score (nSPS) is 14.2. The van der Waals surface area contributed by atoms with Crippen molar-refractivity contribution in [3.63, 3.8) is 0 Å². The molecule has 0 saturated heterocycles. The average Bonchev–Trinajstić information content (AvgIpc) is 3.01. The fraction of sp³-hybridized carbons (Fsp3) is 0.222. The number of halogens is 1. The molecule has 0 atom stereocenters. The van der Waals surface area contributed by atoms with Gasteiger partial charge < -0.3 is 5.43 Å². The minimum absolute atomic E-state index is 0.247. The maximum absolute atomic E-state index is 13.3. The summed E-state index contributed by atoms with van der Waals surface area (Å²) in [4.78, 5) is 4.10. The molecule has 0 fully saturated rings. The summed E-state index contributed by atoms with van der Waals surface area (Å²) in [5.41, 5.74) is 7.26. The zero-order valence-electron chi connectivity index (χ0n) is 13.4. The van der Waals surface area contributed by atoms with Crippen LogP contribution in [0.15, 0.2) is 48.8 Å². The molecule has 0 bridgehead atoms. The topological polar surface area (TPSA) is 46.0 Å². The van der Waals surface area contributed by atoms with Crippen LogP contribution >= 0.6 is 0 Å². The second kappa shape index (κ2) is 6.05. The van der Waals surface area contributed by atoms with E-state index >= 15 is 0 Å². The Labute approximate surface area is 139 Å². The van der Waals surface area contributed by atoms with Crippen molar-refractivity contribution in [2.45, 2.75) is 13.5 Å². The van der Waals surface area contributed by atoms with Crippen molar-refractivity contribution in [2.75, 3.05) is 18.5 Å². The number of benzene rings is 1. The lowest BCUT2D eigenvalue weighted by Crippen LogP contribution is -2.38. The molecule has 0 spiro atoms. The van der Waals surface area contributed by atoms with E-state index in [0.29, 0.717) is 0 Å². The van der Waals surface area contributed by atoms with Crippen LogP contribution in [0.5, 0.6) is 0 Å². The molecule has 3 aromatic rings. The lowest BCUT2D eigenvalue weighted by molar-refractivity contribution is 0.295. The molecule has 4 rings (SSSR count). The van der Waals surface area contributed by atoms with Gasteiger partial charge in [-0.1, -0.05) is 6.92 Å². The van der Waals surface area contributed by atoms with Crippen LogP contribution in [0.4, 0.5) is 10.2 Å². The van der Waals surface area contributed by atoms with Gasteiger partial charge in [0.25, 0.3) is 0 Å². The number of fused-ring (bicyclic) bond motifs is 1. The lowest BCUT2D eigenvalue weighted by Gasteiger charge is -2.28. The summed E-state index contributed by atoms with van der Waals surface area (Å²) in [5, 5.41) is 6.94. The zero-order valence-corrected chi connectivity index (χ0v) is 13.4. The Morgan fingerprint density at radius 2 is 1.79 bits per heavy atom. The number of anilines is 1. The fourth-order valence-electron chi connectivity index (χ4n) is 3.00. The molecule has 1 N–H and O–H groups in total. The fourth-order valence-corrected chi connectivity index (χ4v) is 3.00. The number of nitrogens with zero attached hydrogens (tertiary/aromatic N) is 4. The molecule has 0 unspecified atom stereocenters. The van der Waals surface area contributed by atoms with Crippen molar-refractivity contribution in [2.24, 2.45) is 0 Å². The van der Waals surface area contributed by atoms with Crippen molar-refractivity contribution in [1.29, 1.82) is 0 Å². The van der Waals surface area contributed by atoms with Gasteiger partial charge in [-0.3, -0.25) is 4.98 Å². The largest absolute Gasteiger partial charge is 0.303 e. The molecule has 1 aromatic carbocycles. The Kier molecular flexibility index (Phi) is 3.74. The molecule has 0 amide bonds. The maximum atomic E-state index is 13.3. The predicted octanol–water partition coefficient (Wildman–Crippen LogP) is 3.41. The first-order valence-electron chi connectivity index (χ1n) is 8.05. The Bertz CT molecular complexity index is 842. The van der Waals surface area contributed by atoms with Crippen LogP contribution in [0.3, 0.4) is 0 Å². The van der Waals surface area contributed by atoms with Gasteiger partial charge in [0.2, 0.25) is 0 Å². The smallest absolute Gasteiger partial charge is 0.147 e. The summed E-state index contributed by atoms with van der Waals surface area (Å²) in [6.45, 7) is 4.73. The Morgan fingerprint density at radius 3 is 2.50 bits per heavy atom. The molecule has 2 aromatic heterocycles. The number of nitrogens with one attached hydrogen (secondary N) is 1.